The van der Waals surface area contributed by atoms with Gasteiger partial charge >= 0.3 is 0 Å². The first-order valence-corrected chi connectivity index (χ1v) is 8.60. The van der Waals surface area contributed by atoms with Gasteiger partial charge in [-0.3, -0.25) is 0 Å². The summed E-state index contributed by atoms with van der Waals surface area (Å²) in [5.74, 6) is 0. The predicted octanol–water partition coefficient (Wildman–Crippen LogP) is -0.858. The van der Waals surface area contributed by atoms with Crippen molar-refractivity contribution in [2.45, 2.75) is 13.8 Å². The van der Waals surface area contributed by atoms with Gasteiger partial charge in [-0.05, 0) is 13.8 Å². The third-order valence-electron chi connectivity index (χ3n) is 0.803. The largest absolute Gasteiger partial charge is 0.400 e. The van der Waals surface area contributed by atoms with Crippen molar-refractivity contribution in [2.24, 2.45) is 0 Å². The number of hydrogen-bond donors (Lipinski definition) is 0. The molecule has 0 radical (unpaired) electrons. The summed E-state index contributed by atoms with van der Waals surface area (Å²) in [5, 5.41) is 0. The van der Waals surface area contributed by atoms with Gasteiger partial charge in [0.15, 0.2) is 0 Å². The fourth-order valence-corrected chi connectivity index (χ4v) is 3.55. The molecule has 50 valence electrons. The molecule has 0 N–H and O–H groups in total. The van der Waals surface area contributed by atoms with Gasteiger partial charge in [0.05, 0.1) is 9.76 Å². The second kappa shape index (κ2) is 5.49. The molecule has 8 heavy (non-hydrogen) atoms. The quantitative estimate of drug-likeness (QED) is 0.486. The van der Waals surface area contributed by atoms with Crippen molar-refractivity contribution in [2.75, 3.05) is 13.2 Å². The van der Waals surface area contributed by atoms with Crippen LogP contribution in [0.5, 0.6) is 0 Å². The summed E-state index contributed by atoms with van der Waals surface area (Å²) in [4.78, 5) is 0. The van der Waals surface area contributed by atoms with Crippen molar-refractivity contribution in [1.29, 1.82) is 0 Å². The molecule has 0 aromatic heterocycles. The second-order valence-electron chi connectivity index (χ2n) is 1.48. The average molecular weight is 150 g/mol. The lowest BCUT2D eigenvalue weighted by Crippen LogP contribution is -2.23. The van der Waals surface area contributed by atoms with Gasteiger partial charge in [0.1, 0.15) is 0 Å². The Morgan fingerprint density at radius 3 is 1.88 bits per heavy atom. The summed E-state index contributed by atoms with van der Waals surface area (Å²) in [5.41, 5.74) is 0. The zero-order chi connectivity index (χ0) is 6.41. The van der Waals surface area contributed by atoms with E-state index in [1.165, 1.54) is 0 Å². The van der Waals surface area contributed by atoms with E-state index in [1.54, 1.807) is 0 Å². The first kappa shape index (κ1) is 8.35. The molecule has 0 rings (SSSR count). The zero-order valence-electron chi connectivity index (χ0n) is 5.81. The molecular formula is C4H14O2Si2. The third kappa shape index (κ3) is 4.51. The average Bonchev–Trinajstić information content (AvgIpc) is 1.68. The van der Waals surface area contributed by atoms with Crippen LogP contribution in [0.1, 0.15) is 13.8 Å². The van der Waals surface area contributed by atoms with Gasteiger partial charge in [-0.15, -0.1) is 0 Å². The third-order valence-corrected chi connectivity index (χ3v) is 4.41. The van der Waals surface area contributed by atoms with Crippen molar-refractivity contribution in [3.05, 3.63) is 0 Å². The SMILES string of the molecule is CCO[SiH]([SiH3])OCC. The smallest absolute Gasteiger partial charge is 0.288 e. The lowest BCUT2D eigenvalue weighted by molar-refractivity contribution is 0.231. The Kier molecular flexibility index (Phi) is 5.73. The van der Waals surface area contributed by atoms with Gasteiger partial charge in [-0.2, -0.15) is 0 Å². The van der Waals surface area contributed by atoms with Gasteiger partial charge in [0.25, 0.3) is 8.80 Å². The molecule has 0 heterocycles. The molecule has 4 heteroatoms. The van der Waals surface area contributed by atoms with Crippen LogP contribution in [0, 0.1) is 0 Å². The van der Waals surface area contributed by atoms with E-state index in [-0.39, 0.29) is 0 Å². The maximum absolute atomic E-state index is 5.26. The molecule has 0 saturated heterocycles. The minimum Gasteiger partial charge on any atom is -0.400 e. The summed E-state index contributed by atoms with van der Waals surface area (Å²) in [6, 6.07) is 0. The highest BCUT2D eigenvalue weighted by Crippen LogP contribution is 1.81. The van der Waals surface area contributed by atoms with Gasteiger partial charge in [-0.1, -0.05) is 0 Å². The van der Waals surface area contributed by atoms with Crippen LogP contribution < -0.4 is 0 Å². The fraction of sp³-hybridized carbons (Fsp3) is 1.00. The molecule has 0 aliphatic carbocycles. The monoisotopic (exact) mass is 150 g/mol. The molecule has 0 aliphatic heterocycles. The highest BCUT2D eigenvalue weighted by atomic mass is 29.2. The highest BCUT2D eigenvalue weighted by molar-refractivity contribution is 6.95. The van der Waals surface area contributed by atoms with Gasteiger partial charge in [0.2, 0.25) is 0 Å². The van der Waals surface area contributed by atoms with Crippen LogP contribution >= 0.6 is 0 Å². The van der Waals surface area contributed by atoms with Crippen molar-refractivity contribution in [3.8, 4) is 0 Å². The highest BCUT2D eigenvalue weighted by Gasteiger charge is 1.99. The normalized spacial score (nSPS) is 10.9. The molecule has 0 unspecified atom stereocenters. The van der Waals surface area contributed by atoms with E-state index >= 15 is 0 Å². The topological polar surface area (TPSA) is 18.5 Å². The fourth-order valence-electron chi connectivity index (χ4n) is 0.518. The molecule has 0 spiro atoms. The van der Waals surface area contributed by atoms with Crippen LogP contribution in [0.15, 0.2) is 0 Å². The Hall–Kier alpha value is 0.354. The summed E-state index contributed by atoms with van der Waals surface area (Å²) in [6.07, 6.45) is 0. The van der Waals surface area contributed by atoms with Crippen LogP contribution in [-0.4, -0.2) is 31.8 Å². The lowest BCUT2D eigenvalue weighted by atomic mass is 10.9. The lowest BCUT2D eigenvalue weighted by Gasteiger charge is -2.07. The molecule has 0 aromatic rings. The Bertz CT molecular complexity index is 45.3. The molecule has 2 nitrogen and oxygen atoms in total. The maximum atomic E-state index is 5.26. The Balaban J connectivity index is 2.92. The van der Waals surface area contributed by atoms with E-state index in [2.05, 4.69) is 0 Å². The second-order valence-corrected chi connectivity index (χ2v) is 6.11. The molecular weight excluding hydrogens is 136 g/mol. The van der Waals surface area contributed by atoms with E-state index < -0.39 is 8.80 Å². The van der Waals surface area contributed by atoms with Crippen LogP contribution in [-0.2, 0) is 8.85 Å². The summed E-state index contributed by atoms with van der Waals surface area (Å²) < 4.78 is 10.5. The van der Waals surface area contributed by atoms with E-state index in [1.807, 2.05) is 13.8 Å². The minimum atomic E-state index is -1.06. The first-order chi connectivity index (χ1) is 3.81. The van der Waals surface area contributed by atoms with Crippen LogP contribution in [0.4, 0.5) is 0 Å². The van der Waals surface area contributed by atoms with Gasteiger partial charge in [-0.25, -0.2) is 0 Å². The van der Waals surface area contributed by atoms with Crippen molar-refractivity contribution in [3.63, 3.8) is 0 Å². The minimum absolute atomic E-state index is 0.820. The van der Waals surface area contributed by atoms with Crippen LogP contribution in [0.2, 0.25) is 0 Å². The number of hydrogen-bond acceptors (Lipinski definition) is 2. The van der Waals surface area contributed by atoms with Crippen LogP contribution in [0.3, 0.4) is 0 Å². The molecule has 0 saturated carbocycles. The number of rotatable bonds is 4. The van der Waals surface area contributed by atoms with E-state index in [4.69, 9.17) is 8.85 Å². The van der Waals surface area contributed by atoms with Crippen LogP contribution in [0.25, 0.3) is 0 Å². The Morgan fingerprint density at radius 1 is 1.25 bits per heavy atom. The molecule has 0 amide bonds. The van der Waals surface area contributed by atoms with E-state index in [9.17, 15) is 0 Å². The van der Waals surface area contributed by atoms with Crippen molar-refractivity contribution >= 4 is 18.6 Å². The van der Waals surface area contributed by atoms with E-state index in [0.717, 1.165) is 23.0 Å². The van der Waals surface area contributed by atoms with E-state index in [0.29, 0.717) is 0 Å². The summed E-state index contributed by atoms with van der Waals surface area (Å²) >= 11 is 0. The summed E-state index contributed by atoms with van der Waals surface area (Å²) in [6.45, 7) is 5.66. The molecule has 0 fully saturated rings. The summed E-state index contributed by atoms with van der Waals surface area (Å²) in [7, 11) is 0.0397. The molecule has 0 aromatic carbocycles. The molecule has 0 aliphatic rings. The predicted molar refractivity (Wildman–Crippen MR) is 40.3 cm³/mol. The molecule has 0 bridgehead atoms. The van der Waals surface area contributed by atoms with Crippen molar-refractivity contribution < 1.29 is 8.85 Å². The Labute approximate surface area is 55.2 Å². The van der Waals surface area contributed by atoms with Gasteiger partial charge in [0, 0.05) is 13.2 Å². The molecule has 0 atom stereocenters. The van der Waals surface area contributed by atoms with Crippen molar-refractivity contribution in [1.82, 2.24) is 0 Å². The Morgan fingerprint density at radius 2 is 1.62 bits per heavy atom. The van der Waals surface area contributed by atoms with Gasteiger partial charge < -0.3 is 8.85 Å². The zero-order valence-corrected chi connectivity index (χ0v) is 8.96. The first-order valence-electron chi connectivity index (χ1n) is 3.04. The maximum Gasteiger partial charge on any atom is 0.288 e. The standard InChI is InChI=1S/C4H14O2Si2/c1-3-5-8(7)6-4-2/h8H,3-4H2,1-2,7H3.